The minimum absolute atomic E-state index is 0.178. The molecule has 1 aromatic rings. The van der Waals surface area contributed by atoms with E-state index in [1.54, 1.807) is 26.0 Å². The maximum atomic E-state index is 11.5. The quantitative estimate of drug-likeness (QED) is 0.450. The summed E-state index contributed by atoms with van der Waals surface area (Å²) in [5, 5.41) is 0. The molecule has 6 nitrogen and oxygen atoms in total. The van der Waals surface area contributed by atoms with Gasteiger partial charge in [0.2, 0.25) is 0 Å². The highest BCUT2D eigenvalue weighted by atomic mass is 32.2. The highest BCUT2D eigenvalue weighted by molar-refractivity contribution is 7.98. The van der Waals surface area contributed by atoms with Crippen LogP contribution >= 0.6 is 11.8 Å². The first kappa shape index (κ1) is 33.8. The Hall–Kier alpha value is -1.83. The minimum atomic E-state index is -0.308. The predicted molar refractivity (Wildman–Crippen MR) is 130 cm³/mol. The van der Waals surface area contributed by atoms with Crippen molar-refractivity contribution in [2.45, 2.75) is 61.5 Å². The number of carbonyl (C=O) groups is 4. The van der Waals surface area contributed by atoms with E-state index in [9.17, 15) is 19.2 Å². The molecule has 0 bridgehead atoms. The van der Waals surface area contributed by atoms with Crippen LogP contribution in [0.5, 0.6) is 0 Å². The first-order valence-corrected chi connectivity index (χ1v) is 11.7. The maximum Gasteiger partial charge on any atom is 0.160 e. The Bertz CT molecular complexity index is 593. The van der Waals surface area contributed by atoms with Crippen LogP contribution in [0.1, 0.15) is 96.8 Å². The highest BCUT2D eigenvalue weighted by Gasteiger charge is 2.19. The maximum absolute atomic E-state index is 11.5. The molecule has 1 unspecified atom stereocenters. The summed E-state index contributed by atoms with van der Waals surface area (Å²) in [6, 6.07) is 2.66. The summed E-state index contributed by atoms with van der Waals surface area (Å²) in [6.07, 6.45) is 2.31. The molecule has 31 heavy (non-hydrogen) atoms. The molecule has 1 aromatic carbocycles. The SMILES string of the molecule is CC.CC.CC(=O)c1cc(C(C)=O)c(C(C)=O)cc1C(C)=O.COCC(CSC)OC. The third-order valence-corrected chi connectivity index (χ3v) is 4.42. The van der Waals surface area contributed by atoms with Gasteiger partial charge in [0, 0.05) is 42.2 Å². The van der Waals surface area contributed by atoms with Crippen molar-refractivity contribution in [3.05, 3.63) is 34.4 Å². The second kappa shape index (κ2) is 20.1. The first-order chi connectivity index (χ1) is 14.6. The fourth-order valence-electron chi connectivity index (χ4n) is 2.32. The van der Waals surface area contributed by atoms with Gasteiger partial charge in [-0.05, 0) is 46.1 Å². The van der Waals surface area contributed by atoms with Crippen molar-refractivity contribution < 1.29 is 28.7 Å². The Morgan fingerprint density at radius 1 is 0.742 bits per heavy atom. The predicted octanol–water partition coefficient (Wildman–Crippen LogP) is 5.56. The fourth-order valence-corrected chi connectivity index (χ4v) is 2.92. The van der Waals surface area contributed by atoms with E-state index in [2.05, 4.69) is 6.26 Å². The molecule has 0 radical (unpaired) electrons. The smallest absolute Gasteiger partial charge is 0.160 e. The van der Waals surface area contributed by atoms with E-state index in [-0.39, 0.29) is 51.5 Å². The topological polar surface area (TPSA) is 86.7 Å². The van der Waals surface area contributed by atoms with Crippen LogP contribution in [0.15, 0.2) is 12.1 Å². The Morgan fingerprint density at radius 3 is 1.19 bits per heavy atom. The number of benzene rings is 1. The van der Waals surface area contributed by atoms with Crippen LogP contribution in [0.4, 0.5) is 0 Å². The number of methoxy groups -OCH3 is 2. The molecule has 0 aliphatic rings. The molecule has 7 heteroatoms. The number of thioether (sulfide) groups is 1. The summed E-state index contributed by atoms with van der Waals surface area (Å²) in [4.78, 5) is 45.9. The molecule has 0 saturated carbocycles. The van der Waals surface area contributed by atoms with Gasteiger partial charge >= 0.3 is 0 Å². The first-order valence-electron chi connectivity index (χ1n) is 10.3. The second-order valence-corrected chi connectivity index (χ2v) is 6.85. The van der Waals surface area contributed by atoms with Crippen molar-refractivity contribution >= 4 is 34.9 Å². The number of ether oxygens (including phenoxy) is 2. The third-order valence-electron chi connectivity index (χ3n) is 3.71. The van der Waals surface area contributed by atoms with E-state index in [0.29, 0.717) is 6.61 Å². The fraction of sp³-hybridized carbons (Fsp3) is 0.583. The lowest BCUT2D eigenvalue weighted by Gasteiger charge is -2.11. The molecular formula is C24H40O6S. The van der Waals surface area contributed by atoms with Crippen LogP contribution in [0.2, 0.25) is 0 Å². The zero-order valence-electron chi connectivity index (χ0n) is 21.0. The molecule has 0 aliphatic heterocycles. The number of Topliss-reactive ketones (excluding diaryl/α,β-unsaturated/α-hetero) is 4. The molecule has 0 amide bonds. The molecule has 0 fully saturated rings. The van der Waals surface area contributed by atoms with Gasteiger partial charge in [-0.1, -0.05) is 27.7 Å². The molecular weight excluding hydrogens is 416 g/mol. The molecule has 0 saturated heterocycles. The molecule has 1 atom stereocenters. The van der Waals surface area contributed by atoms with Crippen LogP contribution in [-0.4, -0.2) is 62.1 Å². The van der Waals surface area contributed by atoms with Gasteiger partial charge in [-0.2, -0.15) is 11.8 Å². The normalized spacial score (nSPS) is 10.2. The summed E-state index contributed by atoms with van der Waals surface area (Å²) in [5.74, 6) is -0.226. The van der Waals surface area contributed by atoms with Crippen molar-refractivity contribution in [1.82, 2.24) is 0 Å². The number of carbonyl (C=O) groups excluding carboxylic acids is 4. The van der Waals surface area contributed by atoms with E-state index in [4.69, 9.17) is 9.47 Å². The van der Waals surface area contributed by atoms with Crippen LogP contribution < -0.4 is 0 Å². The zero-order valence-corrected chi connectivity index (χ0v) is 21.8. The van der Waals surface area contributed by atoms with E-state index < -0.39 is 0 Å². The number of hydrogen-bond acceptors (Lipinski definition) is 7. The van der Waals surface area contributed by atoms with Crippen LogP contribution in [0, 0.1) is 0 Å². The number of rotatable bonds is 9. The lowest BCUT2D eigenvalue weighted by molar-refractivity contribution is 0.0431. The summed E-state index contributed by atoms with van der Waals surface area (Å²) in [7, 11) is 3.40. The lowest BCUT2D eigenvalue weighted by atomic mass is 9.91. The Kier molecular flexibility index (Phi) is 21.9. The second-order valence-electron chi connectivity index (χ2n) is 5.94. The van der Waals surface area contributed by atoms with E-state index in [1.165, 1.54) is 39.8 Å². The van der Waals surface area contributed by atoms with E-state index >= 15 is 0 Å². The van der Waals surface area contributed by atoms with Gasteiger partial charge in [-0.15, -0.1) is 0 Å². The molecule has 0 heterocycles. The van der Waals surface area contributed by atoms with Gasteiger partial charge in [-0.3, -0.25) is 19.2 Å². The minimum Gasteiger partial charge on any atom is -0.382 e. The summed E-state index contributed by atoms with van der Waals surface area (Å²) >= 11 is 1.77. The van der Waals surface area contributed by atoms with Crippen molar-refractivity contribution in [3.8, 4) is 0 Å². The van der Waals surface area contributed by atoms with Gasteiger partial charge in [0.25, 0.3) is 0 Å². The average Bonchev–Trinajstić information content (AvgIpc) is 2.75. The van der Waals surface area contributed by atoms with Gasteiger partial charge in [-0.25, -0.2) is 0 Å². The Labute approximate surface area is 192 Å². The molecule has 1 rings (SSSR count). The van der Waals surface area contributed by atoms with Crippen molar-refractivity contribution in [2.24, 2.45) is 0 Å². The van der Waals surface area contributed by atoms with E-state index in [1.807, 2.05) is 27.7 Å². The number of ketones is 4. The standard InChI is InChI=1S/C14H14O4.C6H14O2S.2C2H6/c1-7(15)11-5-13(9(3)17)14(10(4)18)6-12(11)8(2)16;1-7-4-6(8-2)5-9-3;2*1-2/h5-6H,1-4H3;6H,4-5H2,1-3H3;2*1-2H3. The molecule has 0 spiro atoms. The molecule has 0 aromatic heterocycles. The molecule has 0 aliphatic carbocycles. The van der Waals surface area contributed by atoms with Crippen molar-refractivity contribution in [1.29, 1.82) is 0 Å². The van der Waals surface area contributed by atoms with Crippen LogP contribution in [-0.2, 0) is 9.47 Å². The number of hydrogen-bond donors (Lipinski definition) is 0. The molecule has 178 valence electrons. The Morgan fingerprint density at radius 2 is 1.03 bits per heavy atom. The van der Waals surface area contributed by atoms with E-state index in [0.717, 1.165) is 5.75 Å². The monoisotopic (exact) mass is 456 g/mol. The van der Waals surface area contributed by atoms with Gasteiger partial charge in [0.15, 0.2) is 23.1 Å². The highest BCUT2D eigenvalue weighted by Crippen LogP contribution is 2.20. The van der Waals surface area contributed by atoms with Gasteiger partial charge in [0.05, 0.1) is 12.7 Å². The third kappa shape index (κ3) is 13.2. The summed E-state index contributed by atoms with van der Waals surface area (Å²) < 4.78 is 9.99. The van der Waals surface area contributed by atoms with Gasteiger partial charge in [0.1, 0.15) is 0 Å². The van der Waals surface area contributed by atoms with Crippen LogP contribution in [0.3, 0.4) is 0 Å². The Balaban J connectivity index is -0.000000509. The van der Waals surface area contributed by atoms with Crippen molar-refractivity contribution in [3.63, 3.8) is 0 Å². The zero-order chi connectivity index (χ0) is 25.1. The van der Waals surface area contributed by atoms with Crippen LogP contribution in [0.25, 0.3) is 0 Å². The summed E-state index contributed by atoms with van der Waals surface area (Å²) in [6.45, 7) is 14.0. The lowest BCUT2D eigenvalue weighted by Crippen LogP contribution is -2.19. The average molecular weight is 457 g/mol. The molecule has 0 N–H and O–H groups in total. The largest absolute Gasteiger partial charge is 0.382 e. The van der Waals surface area contributed by atoms with Crippen molar-refractivity contribution in [2.75, 3.05) is 32.8 Å². The summed E-state index contributed by atoms with van der Waals surface area (Å²) in [5.41, 5.74) is 0.714. The van der Waals surface area contributed by atoms with Gasteiger partial charge < -0.3 is 9.47 Å².